The first kappa shape index (κ1) is 9.21. The van der Waals surface area contributed by atoms with Gasteiger partial charge in [0.05, 0.1) is 0 Å². The molecule has 0 amide bonds. The minimum absolute atomic E-state index is 0.902. The quantitative estimate of drug-likeness (QED) is 0.727. The molecule has 3 aliphatic carbocycles. The van der Waals surface area contributed by atoms with Gasteiger partial charge in [-0.1, -0.05) is 13.3 Å². The molecule has 3 aliphatic rings. The second-order valence-electron chi connectivity index (χ2n) is 5.71. The molecule has 3 fully saturated rings. The maximum absolute atomic E-state index is 3.78. The molecule has 0 aliphatic heterocycles. The molecule has 2 bridgehead atoms. The van der Waals surface area contributed by atoms with Crippen LogP contribution in [0.25, 0.3) is 0 Å². The van der Waals surface area contributed by atoms with Crippen molar-refractivity contribution in [3.63, 3.8) is 0 Å². The normalized spacial score (nSPS) is 49.9. The van der Waals surface area contributed by atoms with Crippen molar-refractivity contribution < 1.29 is 0 Å². The van der Waals surface area contributed by atoms with Gasteiger partial charge in [-0.2, -0.15) is 0 Å². The Balaban J connectivity index is 1.65. The van der Waals surface area contributed by atoms with Crippen LogP contribution in [0.1, 0.15) is 45.4 Å². The Morgan fingerprint density at radius 3 is 2.79 bits per heavy atom. The van der Waals surface area contributed by atoms with E-state index in [4.69, 9.17) is 0 Å². The van der Waals surface area contributed by atoms with E-state index in [1.54, 1.807) is 19.3 Å². The topological polar surface area (TPSA) is 12.0 Å². The predicted molar refractivity (Wildman–Crippen MR) is 59.1 cm³/mol. The molecule has 14 heavy (non-hydrogen) atoms. The van der Waals surface area contributed by atoms with E-state index in [0.717, 1.165) is 29.7 Å². The lowest BCUT2D eigenvalue weighted by Crippen LogP contribution is -2.39. The number of rotatable bonds is 3. The highest BCUT2D eigenvalue weighted by atomic mass is 14.9. The highest BCUT2D eigenvalue weighted by molar-refractivity contribution is 5.05. The summed E-state index contributed by atoms with van der Waals surface area (Å²) < 4.78 is 0. The van der Waals surface area contributed by atoms with Crippen LogP contribution in [0.4, 0.5) is 0 Å². The van der Waals surface area contributed by atoms with Crippen LogP contribution < -0.4 is 5.32 Å². The van der Waals surface area contributed by atoms with Crippen molar-refractivity contribution in [2.45, 2.75) is 51.5 Å². The molecule has 0 heterocycles. The molecule has 0 aromatic rings. The van der Waals surface area contributed by atoms with Crippen molar-refractivity contribution in [2.24, 2.45) is 23.7 Å². The summed E-state index contributed by atoms with van der Waals surface area (Å²) >= 11 is 0. The van der Waals surface area contributed by atoms with E-state index in [2.05, 4.69) is 12.2 Å². The summed E-state index contributed by atoms with van der Waals surface area (Å²) in [5.74, 6) is 4.46. The first-order valence-electron chi connectivity index (χ1n) is 6.63. The molecule has 3 rings (SSSR count). The highest BCUT2D eigenvalue weighted by Crippen LogP contribution is 2.58. The molecule has 0 radical (unpaired) electrons. The largest absolute Gasteiger partial charge is 0.314 e. The second kappa shape index (κ2) is 3.52. The van der Waals surface area contributed by atoms with Crippen molar-refractivity contribution in [2.75, 3.05) is 6.54 Å². The maximum atomic E-state index is 3.78. The van der Waals surface area contributed by atoms with E-state index in [1.807, 2.05) is 0 Å². The van der Waals surface area contributed by atoms with Crippen LogP contribution in [0.5, 0.6) is 0 Å². The van der Waals surface area contributed by atoms with Crippen LogP contribution in [0.2, 0.25) is 0 Å². The first-order valence-corrected chi connectivity index (χ1v) is 6.63. The third-order valence-corrected chi connectivity index (χ3v) is 5.09. The van der Waals surface area contributed by atoms with Gasteiger partial charge in [0.1, 0.15) is 0 Å². The van der Waals surface area contributed by atoms with Gasteiger partial charge in [-0.25, -0.2) is 0 Å². The number of fused-ring (bicyclic) bond motifs is 5. The SMILES string of the molecule is CCCN[C@@H]1C[C@H]2C[C@H]1[C@@H]1CCC[C@H]21. The highest BCUT2D eigenvalue weighted by Gasteiger charge is 2.53. The van der Waals surface area contributed by atoms with E-state index >= 15 is 0 Å². The molecule has 5 atom stereocenters. The van der Waals surface area contributed by atoms with E-state index in [-0.39, 0.29) is 0 Å². The summed E-state index contributed by atoms with van der Waals surface area (Å²) in [5, 5.41) is 3.78. The first-order chi connectivity index (χ1) is 6.90. The maximum Gasteiger partial charge on any atom is 0.0101 e. The Labute approximate surface area is 87.7 Å². The molecule has 0 aromatic carbocycles. The number of hydrogen-bond donors (Lipinski definition) is 1. The van der Waals surface area contributed by atoms with Crippen molar-refractivity contribution in [3.05, 3.63) is 0 Å². The van der Waals surface area contributed by atoms with Crippen LogP contribution in [0, 0.1) is 23.7 Å². The third kappa shape index (κ3) is 1.25. The Kier molecular flexibility index (Phi) is 2.31. The molecule has 0 spiro atoms. The molecule has 0 saturated heterocycles. The van der Waals surface area contributed by atoms with Gasteiger partial charge in [-0.15, -0.1) is 0 Å². The van der Waals surface area contributed by atoms with Gasteiger partial charge >= 0.3 is 0 Å². The summed E-state index contributed by atoms with van der Waals surface area (Å²) in [4.78, 5) is 0. The Morgan fingerprint density at radius 1 is 1.07 bits per heavy atom. The Bertz CT molecular complexity index is 213. The summed E-state index contributed by atoms with van der Waals surface area (Å²) in [6.07, 6.45) is 9.01. The summed E-state index contributed by atoms with van der Waals surface area (Å²) in [7, 11) is 0. The average Bonchev–Trinajstić information content (AvgIpc) is 2.85. The predicted octanol–water partition coefficient (Wildman–Crippen LogP) is 2.81. The second-order valence-corrected chi connectivity index (χ2v) is 5.71. The minimum atomic E-state index is 0.902. The Hall–Kier alpha value is -0.0400. The van der Waals surface area contributed by atoms with E-state index in [9.17, 15) is 0 Å². The van der Waals surface area contributed by atoms with Crippen LogP contribution in [-0.2, 0) is 0 Å². The lowest BCUT2D eigenvalue weighted by atomic mass is 9.79. The number of nitrogens with one attached hydrogen (secondary N) is 1. The van der Waals surface area contributed by atoms with Crippen molar-refractivity contribution in [1.29, 1.82) is 0 Å². The molecular weight excluding hydrogens is 170 g/mol. The average molecular weight is 193 g/mol. The zero-order valence-corrected chi connectivity index (χ0v) is 9.34. The van der Waals surface area contributed by atoms with Crippen LogP contribution in [-0.4, -0.2) is 12.6 Å². The van der Waals surface area contributed by atoms with Gasteiger partial charge in [0.25, 0.3) is 0 Å². The van der Waals surface area contributed by atoms with Crippen molar-refractivity contribution in [3.8, 4) is 0 Å². The van der Waals surface area contributed by atoms with Gasteiger partial charge in [0.15, 0.2) is 0 Å². The summed E-state index contributed by atoms with van der Waals surface area (Å²) in [6, 6.07) is 0.902. The molecule has 3 saturated carbocycles. The summed E-state index contributed by atoms with van der Waals surface area (Å²) in [6.45, 7) is 3.52. The van der Waals surface area contributed by atoms with Gasteiger partial charge in [0.2, 0.25) is 0 Å². The fourth-order valence-electron chi connectivity index (χ4n) is 4.63. The fourth-order valence-corrected chi connectivity index (χ4v) is 4.63. The van der Waals surface area contributed by atoms with Crippen molar-refractivity contribution >= 4 is 0 Å². The zero-order chi connectivity index (χ0) is 9.54. The third-order valence-electron chi connectivity index (χ3n) is 5.09. The van der Waals surface area contributed by atoms with E-state index in [0.29, 0.717) is 0 Å². The van der Waals surface area contributed by atoms with Crippen LogP contribution in [0.3, 0.4) is 0 Å². The van der Waals surface area contributed by atoms with E-state index < -0.39 is 0 Å². The minimum Gasteiger partial charge on any atom is -0.314 e. The van der Waals surface area contributed by atoms with E-state index in [1.165, 1.54) is 25.8 Å². The summed E-state index contributed by atoms with van der Waals surface area (Å²) in [5.41, 5.74) is 0. The fraction of sp³-hybridized carbons (Fsp3) is 1.00. The van der Waals surface area contributed by atoms with Crippen molar-refractivity contribution in [1.82, 2.24) is 5.32 Å². The Morgan fingerprint density at radius 2 is 1.93 bits per heavy atom. The molecular formula is C13H23N. The molecule has 80 valence electrons. The molecule has 1 N–H and O–H groups in total. The monoisotopic (exact) mass is 193 g/mol. The van der Waals surface area contributed by atoms with Gasteiger partial charge in [-0.3, -0.25) is 0 Å². The molecule has 0 aromatic heterocycles. The van der Waals surface area contributed by atoms with Crippen LogP contribution in [0.15, 0.2) is 0 Å². The van der Waals surface area contributed by atoms with Crippen LogP contribution >= 0.6 is 0 Å². The smallest absolute Gasteiger partial charge is 0.0101 e. The lowest BCUT2D eigenvalue weighted by molar-refractivity contribution is 0.209. The molecule has 0 unspecified atom stereocenters. The lowest BCUT2D eigenvalue weighted by Gasteiger charge is -2.32. The zero-order valence-electron chi connectivity index (χ0n) is 9.34. The molecule has 1 heteroatoms. The molecule has 1 nitrogen and oxygen atoms in total. The van der Waals surface area contributed by atoms with Gasteiger partial charge in [0, 0.05) is 6.04 Å². The van der Waals surface area contributed by atoms with Gasteiger partial charge < -0.3 is 5.32 Å². The van der Waals surface area contributed by atoms with Gasteiger partial charge in [-0.05, 0) is 62.3 Å². The number of hydrogen-bond acceptors (Lipinski definition) is 1. The standard InChI is InChI=1S/C13H23N/c1-2-6-14-13-8-9-7-12(13)11-5-3-4-10(9)11/h9-14H,2-8H2,1H3/t9-,10-,11-,12+,13-/m1/s1.